The van der Waals surface area contributed by atoms with Gasteiger partial charge in [0.15, 0.2) is 0 Å². The predicted octanol–water partition coefficient (Wildman–Crippen LogP) is 3.13. The van der Waals surface area contributed by atoms with E-state index in [-0.39, 0.29) is 37.3 Å². The van der Waals surface area contributed by atoms with Crippen molar-refractivity contribution in [3.63, 3.8) is 0 Å². The lowest BCUT2D eigenvalue weighted by molar-refractivity contribution is -0.150. The van der Waals surface area contributed by atoms with Crippen molar-refractivity contribution in [2.45, 2.75) is 125 Å². The van der Waals surface area contributed by atoms with Crippen LogP contribution in [0.5, 0.6) is 0 Å². The number of carbonyl (C=O) groups is 6. The molecule has 6 amide bonds. The van der Waals surface area contributed by atoms with E-state index in [1.165, 1.54) is 4.90 Å². The van der Waals surface area contributed by atoms with Gasteiger partial charge in [-0.15, -0.1) is 0 Å². The van der Waals surface area contributed by atoms with E-state index in [0.29, 0.717) is 56.4 Å². The number of aliphatic hydroxyl groups excluding tert-OH is 1. The number of amides is 6. The van der Waals surface area contributed by atoms with Crippen molar-refractivity contribution in [1.82, 2.24) is 41.0 Å². The van der Waals surface area contributed by atoms with Crippen LogP contribution in [0, 0.1) is 5.92 Å². The number of benzene rings is 2. The molecule has 3 aliphatic heterocycles. The molecule has 7 atom stereocenters. The largest absolute Gasteiger partial charge is 0.394 e. The van der Waals surface area contributed by atoms with Crippen LogP contribution < -0.4 is 21.3 Å². The van der Waals surface area contributed by atoms with Crippen LogP contribution in [0.25, 0.3) is 21.8 Å². The number of hydrogen-bond donors (Lipinski definition) is 7. The maximum atomic E-state index is 14.9. The van der Waals surface area contributed by atoms with E-state index in [9.17, 15) is 33.9 Å². The van der Waals surface area contributed by atoms with E-state index in [1.54, 1.807) is 29.4 Å². The highest BCUT2D eigenvalue weighted by atomic mass is 35.5. The number of H-pyrrole nitrogens is 2. The summed E-state index contributed by atoms with van der Waals surface area (Å²) in [5.74, 6) is -3.15. The van der Waals surface area contributed by atoms with Crippen molar-refractivity contribution in [1.29, 1.82) is 0 Å². The Morgan fingerprint density at radius 1 is 0.689 bits per heavy atom. The standard InChI is InChI=1S/C45H53ClN8O7/c46-28-13-14-30-27(23-48-32(30)21-28)19-34-40(57)52-45(15-5-6-16-45)44(61)51-33(18-26-22-47-31-10-3-2-9-29(26)31)39(56)50-35(24-55)42(59)53-17-7-12-37(53)43(60)54-36-11-4-1-8-25(36)20-38(54)41(58)49-34/h2-3,9-10,13-14,21-23,25,33-38,47-48,55H,1,4-8,11-12,15-20,24H2,(H,49,58)(H,50,56)(H,51,61)(H,52,57)/t25-,33-,34-,35-,36-,37+,38-/m0/s1. The van der Waals surface area contributed by atoms with Crippen LogP contribution in [0.2, 0.25) is 5.02 Å². The molecule has 0 bridgehead atoms. The number of fused-ring (bicyclic) bond motifs is 6. The van der Waals surface area contributed by atoms with E-state index in [1.807, 2.05) is 30.3 Å². The predicted molar refractivity (Wildman–Crippen MR) is 227 cm³/mol. The third-order valence-corrected chi connectivity index (χ3v) is 14.3. The molecule has 5 heterocycles. The lowest BCUT2D eigenvalue weighted by atomic mass is 9.84. The number of hydrogen-bond acceptors (Lipinski definition) is 7. The summed E-state index contributed by atoms with van der Waals surface area (Å²) in [5, 5.41) is 24.6. The van der Waals surface area contributed by atoms with Gasteiger partial charge in [0.2, 0.25) is 35.4 Å². The van der Waals surface area contributed by atoms with Crippen molar-refractivity contribution in [3.05, 3.63) is 71.0 Å². The summed E-state index contributed by atoms with van der Waals surface area (Å²) >= 11 is 6.30. The van der Waals surface area contributed by atoms with Crippen LogP contribution in [0.4, 0.5) is 0 Å². The SMILES string of the molecule is O=C1NC2(CCCC2)C(=O)N[C@@H](Cc2c[nH]c3ccccc23)C(=O)N[C@@H](CO)C(=O)N2CCC[C@@H]2C(=O)N2[C@@H](C[C@@H]3CCCC[C@@H]32)C(=O)N[C@H]1Cc1c[nH]c2cc(Cl)ccc12. The van der Waals surface area contributed by atoms with E-state index in [2.05, 4.69) is 31.2 Å². The molecule has 0 radical (unpaired) electrons. The summed E-state index contributed by atoms with van der Waals surface area (Å²) in [6.45, 7) is -0.503. The van der Waals surface area contributed by atoms with Crippen LogP contribution in [-0.2, 0) is 41.6 Å². The molecule has 15 nitrogen and oxygen atoms in total. The second-order valence-corrected chi connectivity index (χ2v) is 18.1. The van der Waals surface area contributed by atoms with Gasteiger partial charge in [0.25, 0.3) is 0 Å². The Morgan fingerprint density at radius 2 is 1.38 bits per heavy atom. The second kappa shape index (κ2) is 16.8. The van der Waals surface area contributed by atoms with E-state index < -0.39 is 71.9 Å². The zero-order valence-corrected chi connectivity index (χ0v) is 34.8. The first-order valence-electron chi connectivity index (χ1n) is 21.8. The Hall–Kier alpha value is -5.41. The zero-order chi connectivity index (χ0) is 42.4. The van der Waals surface area contributed by atoms with Gasteiger partial charge in [-0.3, -0.25) is 28.8 Å². The second-order valence-electron chi connectivity index (χ2n) is 17.7. The summed E-state index contributed by atoms with van der Waals surface area (Å²) in [6.07, 6.45) is 10.2. The molecule has 5 aliphatic rings. The molecule has 0 unspecified atom stereocenters. The molecular weight excluding hydrogens is 800 g/mol. The molecule has 7 N–H and O–H groups in total. The molecule has 5 fully saturated rings. The quantitative estimate of drug-likeness (QED) is 0.160. The summed E-state index contributed by atoms with van der Waals surface area (Å²) in [7, 11) is 0. The molecule has 2 saturated carbocycles. The fourth-order valence-corrected chi connectivity index (χ4v) is 11.1. The Balaban J connectivity index is 1.11. The molecule has 3 saturated heterocycles. The Morgan fingerprint density at radius 3 is 2.15 bits per heavy atom. The number of aromatic amines is 2. The number of para-hydroxylation sites is 1. The molecule has 9 rings (SSSR count). The number of aliphatic hydroxyl groups is 1. The minimum atomic E-state index is -1.42. The Labute approximate surface area is 358 Å². The summed E-state index contributed by atoms with van der Waals surface area (Å²) < 4.78 is 0. The van der Waals surface area contributed by atoms with Crippen molar-refractivity contribution >= 4 is 68.8 Å². The van der Waals surface area contributed by atoms with Gasteiger partial charge in [0.05, 0.1) is 6.61 Å². The fraction of sp³-hybridized carbons (Fsp3) is 0.511. The number of halogens is 1. The lowest BCUT2D eigenvalue weighted by Gasteiger charge is -2.38. The van der Waals surface area contributed by atoms with Gasteiger partial charge in [-0.05, 0) is 80.2 Å². The summed E-state index contributed by atoms with van der Waals surface area (Å²) in [4.78, 5) is 97.5. The first-order valence-corrected chi connectivity index (χ1v) is 22.2. The molecule has 1 spiro atoms. The number of nitrogens with one attached hydrogen (secondary N) is 6. The van der Waals surface area contributed by atoms with E-state index >= 15 is 0 Å². The van der Waals surface area contributed by atoms with Crippen LogP contribution in [0.1, 0.15) is 81.8 Å². The number of nitrogens with zero attached hydrogens (tertiary/aromatic N) is 2. The van der Waals surface area contributed by atoms with E-state index in [0.717, 1.165) is 52.2 Å². The first-order chi connectivity index (χ1) is 29.5. The number of aromatic nitrogens is 2. The Kier molecular flexibility index (Phi) is 11.3. The van der Waals surface area contributed by atoms with Crippen molar-refractivity contribution in [2.75, 3.05) is 13.2 Å². The van der Waals surface area contributed by atoms with Crippen LogP contribution in [0.3, 0.4) is 0 Å². The topological polar surface area (TPSA) is 209 Å². The van der Waals surface area contributed by atoms with Gasteiger partial charge in [0, 0.05) is 64.7 Å². The molecule has 2 aromatic heterocycles. The highest BCUT2D eigenvalue weighted by molar-refractivity contribution is 6.31. The monoisotopic (exact) mass is 852 g/mol. The van der Waals surface area contributed by atoms with Crippen molar-refractivity contribution in [2.24, 2.45) is 5.92 Å². The van der Waals surface area contributed by atoms with Crippen molar-refractivity contribution in [3.8, 4) is 0 Å². The first kappa shape index (κ1) is 41.0. The van der Waals surface area contributed by atoms with Crippen LogP contribution in [-0.4, -0.2) is 115 Å². The Bertz CT molecular complexity index is 2370. The summed E-state index contributed by atoms with van der Waals surface area (Å²) in [5.41, 5.74) is 1.67. The number of rotatable bonds is 5. The molecule has 16 heteroatoms. The van der Waals surface area contributed by atoms with Gasteiger partial charge in [0.1, 0.15) is 35.7 Å². The minimum absolute atomic E-state index is 0.0327. The van der Waals surface area contributed by atoms with Gasteiger partial charge >= 0.3 is 0 Å². The normalized spacial score (nSPS) is 28.9. The van der Waals surface area contributed by atoms with Crippen LogP contribution >= 0.6 is 11.6 Å². The van der Waals surface area contributed by atoms with Crippen molar-refractivity contribution < 1.29 is 33.9 Å². The highest BCUT2D eigenvalue weighted by Gasteiger charge is 2.52. The average Bonchev–Trinajstić information content (AvgIpc) is 4.12. The maximum absolute atomic E-state index is 14.9. The third-order valence-electron chi connectivity index (χ3n) is 14.0. The molecule has 2 aromatic carbocycles. The van der Waals surface area contributed by atoms with Gasteiger partial charge < -0.3 is 46.1 Å². The molecule has 4 aromatic rings. The lowest BCUT2D eigenvalue weighted by Crippen LogP contribution is -2.65. The zero-order valence-electron chi connectivity index (χ0n) is 34.0. The molecule has 2 aliphatic carbocycles. The minimum Gasteiger partial charge on any atom is -0.394 e. The summed E-state index contributed by atoms with van der Waals surface area (Å²) in [6, 6.07) is 7.18. The third kappa shape index (κ3) is 7.75. The highest BCUT2D eigenvalue weighted by Crippen LogP contribution is 2.41. The molecular formula is C45H53ClN8O7. The maximum Gasteiger partial charge on any atom is 0.248 e. The van der Waals surface area contributed by atoms with Crippen LogP contribution in [0.15, 0.2) is 54.9 Å². The van der Waals surface area contributed by atoms with Gasteiger partial charge in [-0.1, -0.05) is 61.5 Å². The van der Waals surface area contributed by atoms with Gasteiger partial charge in [-0.2, -0.15) is 0 Å². The molecule has 61 heavy (non-hydrogen) atoms. The smallest absolute Gasteiger partial charge is 0.248 e. The fourth-order valence-electron chi connectivity index (χ4n) is 10.9. The van der Waals surface area contributed by atoms with E-state index in [4.69, 9.17) is 11.6 Å². The average molecular weight is 853 g/mol. The number of carbonyl (C=O) groups excluding carboxylic acids is 6. The van der Waals surface area contributed by atoms with Gasteiger partial charge in [-0.25, -0.2) is 0 Å². The molecule has 322 valence electrons.